The lowest BCUT2D eigenvalue weighted by molar-refractivity contribution is -0.131. The number of nitrogens with zero attached hydrogens (tertiary/aromatic N) is 2. The summed E-state index contributed by atoms with van der Waals surface area (Å²) < 4.78 is 5.89. The Morgan fingerprint density at radius 1 is 1.26 bits per heavy atom. The molecule has 0 bridgehead atoms. The summed E-state index contributed by atoms with van der Waals surface area (Å²) in [4.78, 5) is 12.1. The summed E-state index contributed by atoms with van der Waals surface area (Å²) in [5, 5.41) is 6.81. The third-order valence-corrected chi connectivity index (χ3v) is 4.55. The number of fused-ring (bicyclic) bond motifs is 3. The summed E-state index contributed by atoms with van der Waals surface area (Å²) in [6.45, 7) is 2.04. The minimum Gasteiger partial charge on any atom is -0.492 e. The zero-order valence-corrected chi connectivity index (χ0v) is 13.3. The van der Waals surface area contributed by atoms with Gasteiger partial charge < -0.3 is 4.74 Å². The number of rotatable bonds is 1. The first kappa shape index (κ1) is 14.3. The lowest BCUT2D eigenvalue weighted by Crippen LogP contribution is -2.34. The molecule has 23 heavy (non-hydrogen) atoms. The molecule has 4 nitrogen and oxygen atoms in total. The Morgan fingerprint density at radius 3 is 2.78 bits per heavy atom. The standard InChI is InChI=1S/C18H15ClN2O2/c1-11(22)21-18(12-5-3-2-4-6-12)15-10-23-16-8-7-13(19)9-14(16)17(15)20-21/h2-9,15,18H,10H2,1H3/t15?,18-/m1/s1. The average Bonchev–Trinajstić information content (AvgIpc) is 2.96. The van der Waals surface area contributed by atoms with Gasteiger partial charge in [-0.2, -0.15) is 5.10 Å². The predicted octanol–water partition coefficient (Wildman–Crippen LogP) is 3.66. The fraction of sp³-hybridized carbons (Fsp3) is 0.222. The van der Waals surface area contributed by atoms with Crippen LogP contribution in [0.2, 0.25) is 5.02 Å². The molecular weight excluding hydrogens is 312 g/mol. The van der Waals surface area contributed by atoms with E-state index in [-0.39, 0.29) is 17.9 Å². The van der Waals surface area contributed by atoms with Crippen molar-refractivity contribution in [2.24, 2.45) is 11.0 Å². The van der Waals surface area contributed by atoms with Crippen LogP contribution in [-0.2, 0) is 4.79 Å². The highest BCUT2D eigenvalue weighted by Gasteiger charge is 2.44. The zero-order valence-electron chi connectivity index (χ0n) is 12.6. The Bertz CT molecular complexity index is 804. The third kappa shape index (κ3) is 2.30. The van der Waals surface area contributed by atoms with Crippen molar-refractivity contribution in [3.8, 4) is 5.75 Å². The zero-order chi connectivity index (χ0) is 16.0. The number of carbonyl (C=O) groups is 1. The summed E-state index contributed by atoms with van der Waals surface area (Å²) in [5.74, 6) is 0.693. The molecule has 0 fully saturated rings. The molecule has 2 atom stereocenters. The minimum absolute atomic E-state index is 0.00673. The Balaban J connectivity index is 1.83. The monoisotopic (exact) mass is 326 g/mol. The van der Waals surface area contributed by atoms with Crippen LogP contribution < -0.4 is 4.74 Å². The highest BCUT2D eigenvalue weighted by molar-refractivity contribution is 6.31. The van der Waals surface area contributed by atoms with Crippen molar-refractivity contribution in [3.05, 3.63) is 64.7 Å². The molecule has 0 radical (unpaired) electrons. The fourth-order valence-electron chi connectivity index (χ4n) is 3.29. The van der Waals surface area contributed by atoms with Crippen LogP contribution in [0.25, 0.3) is 0 Å². The number of hydrogen-bond donors (Lipinski definition) is 0. The van der Waals surface area contributed by atoms with Gasteiger partial charge in [0.05, 0.1) is 24.3 Å². The van der Waals surface area contributed by atoms with Crippen LogP contribution in [0.15, 0.2) is 53.6 Å². The molecule has 0 spiro atoms. The molecule has 116 valence electrons. The van der Waals surface area contributed by atoms with Crippen molar-refractivity contribution in [3.63, 3.8) is 0 Å². The number of hydrazone groups is 1. The molecule has 0 N–H and O–H groups in total. The number of benzene rings is 2. The van der Waals surface area contributed by atoms with E-state index in [0.717, 1.165) is 22.6 Å². The molecule has 0 saturated carbocycles. The Morgan fingerprint density at radius 2 is 2.04 bits per heavy atom. The summed E-state index contributed by atoms with van der Waals surface area (Å²) in [5.41, 5.74) is 2.80. The largest absolute Gasteiger partial charge is 0.492 e. The van der Waals surface area contributed by atoms with E-state index in [0.29, 0.717) is 11.6 Å². The van der Waals surface area contributed by atoms with Crippen LogP contribution in [0.1, 0.15) is 24.1 Å². The van der Waals surface area contributed by atoms with E-state index in [2.05, 4.69) is 5.10 Å². The maximum absolute atomic E-state index is 12.1. The lowest BCUT2D eigenvalue weighted by Gasteiger charge is -2.29. The van der Waals surface area contributed by atoms with Crippen LogP contribution in [-0.4, -0.2) is 23.2 Å². The molecule has 0 aliphatic carbocycles. The highest BCUT2D eigenvalue weighted by Crippen LogP contribution is 2.42. The van der Waals surface area contributed by atoms with E-state index in [9.17, 15) is 4.79 Å². The molecule has 5 heteroatoms. The minimum atomic E-state index is -0.143. The van der Waals surface area contributed by atoms with E-state index in [1.54, 1.807) is 11.1 Å². The van der Waals surface area contributed by atoms with Gasteiger partial charge in [-0.25, -0.2) is 5.01 Å². The fourth-order valence-corrected chi connectivity index (χ4v) is 3.47. The number of carbonyl (C=O) groups excluding carboxylic acids is 1. The van der Waals surface area contributed by atoms with Gasteiger partial charge in [0.15, 0.2) is 0 Å². The molecule has 0 aromatic heterocycles. The van der Waals surface area contributed by atoms with Crippen molar-refractivity contribution < 1.29 is 9.53 Å². The van der Waals surface area contributed by atoms with Crippen LogP contribution >= 0.6 is 11.6 Å². The second kappa shape index (κ2) is 5.39. The topological polar surface area (TPSA) is 41.9 Å². The smallest absolute Gasteiger partial charge is 0.240 e. The molecular formula is C18H15ClN2O2. The van der Waals surface area contributed by atoms with Crippen LogP contribution in [0.4, 0.5) is 0 Å². The quantitative estimate of drug-likeness (QED) is 0.802. The van der Waals surface area contributed by atoms with Gasteiger partial charge in [-0.05, 0) is 23.8 Å². The molecule has 1 unspecified atom stereocenters. The molecule has 2 aromatic carbocycles. The van der Waals surface area contributed by atoms with Gasteiger partial charge in [0.25, 0.3) is 0 Å². The first-order chi connectivity index (χ1) is 11.1. The van der Waals surface area contributed by atoms with Crippen molar-refractivity contribution in [1.82, 2.24) is 5.01 Å². The Kier molecular flexibility index (Phi) is 3.34. The van der Waals surface area contributed by atoms with Crippen molar-refractivity contribution >= 4 is 23.2 Å². The number of amides is 1. The van der Waals surface area contributed by atoms with E-state index in [1.807, 2.05) is 42.5 Å². The molecule has 2 aromatic rings. The van der Waals surface area contributed by atoms with E-state index < -0.39 is 0 Å². The van der Waals surface area contributed by atoms with E-state index in [1.165, 1.54) is 6.92 Å². The molecule has 2 aliphatic rings. The van der Waals surface area contributed by atoms with Crippen LogP contribution in [0.5, 0.6) is 5.75 Å². The molecule has 2 aliphatic heterocycles. The SMILES string of the molecule is CC(=O)N1N=C2c3cc(Cl)ccc3OCC2[C@H]1c1ccccc1. The lowest BCUT2D eigenvalue weighted by atomic mass is 9.86. The maximum Gasteiger partial charge on any atom is 0.240 e. The predicted molar refractivity (Wildman–Crippen MR) is 88.7 cm³/mol. The van der Waals surface area contributed by atoms with Crippen molar-refractivity contribution in [2.75, 3.05) is 6.61 Å². The molecule has 1 amide bonds. The Hall–Kier alpha value is -2.33. The van der Waals surface area contributed by atoms with Crippen LogP contribution in [0, 0.1) is 5.92 Å². The summed E-state index contributed by atoms with van der Waals surface area (Å²) in [7, 11) is 0. The summed E-state index contributed by atoms with van der Waals surface area (Å²) >= 11 is 6.13. The van der Waals surface area contributed by atoms with Gasteiger partial charge in [0.1, 0.15) is 5.75 Å². The normalized spacial score (nSPS) is 22.0. The molecule has 2 heterocycles. The van der Waals surface area contributed by atoms with Gasteiger partial charge in [0.2, 0.25) is 5.91 Å². The van der Waals surface area contributed by atoms with Gasteiger partial charge >= 0.3 is 0 Å². The first-order valence-corrected chi connectivity index (χ1v) is 7.89. The van der Waals surface area contributed by atoms with Gasteiger partial charge in [-0.15, -0.1) is 0 Å². The molecule has 4 rings (SSSR count). The third-order valence-electron chi connectivity index (χ3n) is 4.31. The second-order valence-electron chi connectivity index (χ2n) is 5.76. The Labute approximate surface area is 139 Å². The van der Waals surface area contributed by atoms with Crippen LogP contribution in [0.3, 0.4) is 0 Å². The number of ether oxygens (including phenoxy) is 1. The van der Waals surface area contributed by atoms with Crippen molar-refractivity contribution in [2.45, 2.75) is 13.0 Å². The first-order valence-electron chi connectivity index (χ1n) is 7.51. The summed E-state index contributed by atoms with van der Waals surface area (Å²) in [6, 6.07) is 15.3. The summed E-state index contributed by atoms with van der Waals surface area (Å²) in [6.07, 6.45) is 0. The van der Waals surface area contributed by atoms with Gasteiger partial charge in [-0.1, -0.05) is 41.9 Å². The second-order valence-corrected chi connectivity index (χ2v) is 6.20. The van der Waals surface area contributed by atoms with Gasteiger partial charge in [0, 0.05) is 17.5 Å². The maximum atomic E-state index is 12.1. The molecule has 0 saturated heterocycles. The van der Waals surface area contributed by atoms with E-state index in [4.69, 9.17) is 16.3 Å². The highest BCUT2D eigenvalue weighted by atomic mass is 35.5. The van der Waals surface area contributed by atoms with Crippen molar-refractivity contribution in [1.29, 1.82) is 0 Å². The number of hydrogen-bond acceptors (Lipinski definition) is 3. The van der Waals surface area contributed by atoms with E-state index >= 15 is 0 Å². The van der Waals surface area contributed by atoms with Gasteiger partial charge in [-0.3, -0.25) is 4.79 Å². The average molecular weight is 327 g/mol. The number of halogens is 1.